The molecule has 2 aromatic rings. The first-order chi connectivity index (χ1) is 8.28. The molecule has 0 heterocycles. The molecule has 0 spiro atoms. The van der Waals surface area contributed by atoms with Gasteiger partial charge in [-0.05, 0) is 53.3 Å². The summed E-state index contributed by atoms with van der Waals surface area (Å²) in [5.41, 5.74) is 7.48. The van der Waals surface area contributed by atoms with Gasteiger partial charge in [-0.15, -0.1) is 0 Å². The molecule has 2 aromatic carbocycles. The van der Waals surface area contributed by atoms with Crippen molar-refractivity contribution in [1.29, 1.82) is 0 Å². The molecule has 1 atom stereocenters. The van der Waals surface area contributed by atoms with Crippen LogP contribution in [0.25, 0.3) is 10.8 Å². The Hall–Kier alpha value is -1.54. The standard InChI is InChI=1S/C15H17NO/c1-17-14-7-6-11-8-13(5-4-12(11)9-14)15(16)10-2-3-10/h4-10,15H,2-3,16H2,1H3/t15-/m1/s1. The fourth-order valence-electron chi connectivity index (χ4n) is 2.30. The molecule has 1 saturated carbocycles. The minimum Gasteiger partial charge on any atom is -0.497 e. The average molecular weight is 227 g/mol. The van der Waals surface area contributed by atoms with Gasteiger partial charge in [0.25, 0.3) is 0 Å². The molecule has 0 aromatic heterocycles. The summed E-state index contributed by atoms with van der Waals surface area (Å²) in [5.74, 6) is 1.60. The van der Waals surface area contributed by atoms with Gasteiger partial charge in [0.1, 0.15) is 5.75 Å². The highest BCUT2D eigenvalue weighted by Gasteiger charge is 2.29. The van der Waals surface area contributed by atoms with Gasteiger partial charge in [0, 0.05) is 6.04 Å². The van der Waals surface area contributed by atoms with Gasteiger partial charge in [0.05, 0.1) is 7.11 Å². The molecule has 1 aliphatic rings. The Labute approximate surface area is 101 Å². The van der Waals surface area contributed by atoms with E-state index in [1.54, 1.807) is 7.11 Å². The first kappa shape index (κ1) is 10.6. The molecule has 0 amide bonds. The van der Waals surface area contributed by atoms with Crippen LogP contribution in [-0.2, 0) is 0 Å². The minimum absolute atomic E-state index is 0.210. The van der Waals surface area contributed by atoms with Crippen LogP contribution in [-0.4, -0.2) is 7.11 Å². The largest absolute Gasteiger partial charge is 0.497 e. The number of hydrogen-bond acceptors (Lipinski definition) is 2. The summed E-state index contributed by atoms with van der Waals surface area (Å²) in [7, 11) is 1.69. The number of hydrogen-bond donors (Lipinski definition) is 1. The van der Waals surface area contributed by atoms with Crippen molar-refractivity contribution < 1.29 is 4.74 Å². The molecule has 0 unspecified atom stereocenters. The minimum atomic E-state index is 0.210. The predicted molar refractivity (Wildman–Crippen MR) is 70.2 cm³/mol. The van der Waals surface area contributed by atoms with E-state index in [-0.39, 0.29) is 6.04 Å². The van der Waals surface area contributed by atoms with Crippen LogP contribution in [0.1, 0.15) is 24.4 Å². The maximum absolute atomic E-state index is 6.22. The lowest BCUT2D eigenvalue weighted by Gasteiger charge is -2.12. The molecule has 2 heteroatoms. The zero-order chi connectivity index (χ0) is 11.8. The molecular weight excluding hydrogens is 210 g/mol. The van der Waals surface area contributed by atoms with Gasteiger partial charge >= 0.3 is 0 Å². The van der Waals surface area contributed by atoms with Crippen molar-refractivity contribution in [3.63, 3.8) is 0 Å². The van der Waals surface area contributed by atoms with Gasteiger partial charge in [0.15, 0.2) is 0 Å². The van der Waals surface area contributed by atoms with Gasteiger partial charge in [0.2, 0.25) is 0 Å². The lowest BCUT2D eigenvalue weighted by Crippen LogP contribution is -2.11. The van der Waals surface area contributed by atoms with E-state index in [0.29, 0.717) is 5.92 Å². The summed E-state index contributed by atoms with van der Waals surface area (Å²) in [6.45, 7) is 0. The van der Waals surface area contributed by atoms with E-state index < -0.39 is 0 Å². The molecule has 0 aliphatic heterocycles. The molecular formula is C15H17NO. The fraction of sp³-hybridized carbons (Fsp3) is 0.333. The molecule has 0 bridgehead atoms. The smallest absolute Gasteiger partial charge is 0.119 e. The number of methoxy groups -OCH3 is 1. The molecule has 0 saturated heterocycles. The van der Waals surface area contributed by atoms with Crippen LogP contribution in [0, 0.1) is 5.92 Å². The first-order valence-corrected chi connectivity index (χ1v) is 6.11. The lowest BCUT2D eigenvalue weighted by molar-refractivity contribution is 0.415. The molecule has 3 rings (SSSR count). The SMILES string of the molecule is COc1ccc2cc([C@H](N)C3CC3)ccc2c1. The van der Waals surface area contributed by atoms with Crippen molar-refractivity contribution in [1.82, 2.24) is 0 Å². The van der Waals surface area contributed by atoms with Crippen molar-refractivity contribution in [2.45, 2.75) is 18.9 Å². The summed E-state index contributed by atoms with van der Waals surface area (Å²) >= 11 is 0. The third-order valence-electron chi connectivity index (χ3n) is 3.59. The van der Waals surface area contributed by atoms with E-state index in [0.717, 1.165) is 5.75 Å². The summed E-state index contributed by atoms with van der Waals surface area (Å²) in [4.78, 5) is 0. The maximum Gasteiger partial charge on any atom is 0.119 e. The van der Waals surface area contributed by atoms with E-state index in [2.05, 4.69) is 30.3 Å². The highest BCUT2D eigenvalue weighted by molar-refractivity contribution is 5.84. The van der Waals surface area contributed by atoms with Gasteiger partial charge < -0.3 is 10.5 Å². The summed E-state index contributed by atoms with van der Waals surface area (Å²) < 4.78 is 5.22. The Kier molecular flexibility index (Phi) is 2.52. The Morgan fingerprint density at radius 1 is 1.12 bits per heavy atom. The molecule has 0 radical (unpaired) electrons. The van der Waals surface area contributed by atoms with Crippen molar-refractivity contribution in [2.24, 2.45) is 11.7 Å². The zero-order valence-corrected chi connectivity index (χ0v) is 10.0. The number of ether oxygens (including phenoxy) is 1. The number of rotatable bonds is 3. The van der Waals surface area contributed by atoms with Gasteiger partial charge in [-0.25, -0.2) is 0 Å². The molecule has 1 fully saturated rings. The quantitative estimate of drug-likeness (QED) is 0.873. The average Bonchev–Trinajstić information content (AvgIpc) is 3.21. The number of nitrogens with two attached hydrogens (primary N) is 1. The first-order valence-electron chi connectivity index (χ1n) is 6.11. The van der Waals surface area contributed by atoms with Crippen molar-refractivity contribution in [3.05, 3.63) is 42.0 Å². The van der Waals surface area contributed by atoms with Crippen LogP contribution in [0.2, 0.25) is 0 Å². The lowest BCUT2D eigenvalue weighted by atomic mass is 9.99. The highest BCUT2D eigenvalue weighted by atomic mass is 16.5. The normalized spacial score (nSPS) is 17.1. The van der Waals surface area contributed by atoms with Crippen molar-refractivity contribution in [3.8, 4) is 5.75 Å². The summed E-state index contributed by atoms with van der Waals surface area (Å²) in [6, 6.07) is 12.8. The van der Waals surface area contributed by atoms with Crippen LogP contribution in [0.5, 0.6) is 5.75 Å². The van der Waals surface area contributed by atoms with Crippen LogP contribution >= 0.6 is 0 Å². The van der Waals surface area contributed by atoms with Crippen molar-refractivity contribution >= 4 is 10.8 Å². The van der Waals surface area contributed by atoms with Gasteiger partial charge in [-0.3, -0.25) is 0 Å². The third kappa shape index (κ3) is 2.01. The molecule has 2 N–H and O–H groups in total. The number of benzene rings is 2. The second-order valence-electron chi connectivity index (χ2n) is 4.84. The maximum atomic E-state index is 6.22. The third-order valence-corrected chi connectivity index (χ3v) is 3.59. The Morgan fingerprint density at radius 3 is 2.53 bits per heavy atom. The monoisotopic (exact) mass is 227 g/mol. The van der Waals surface area contributed by atoms with E-state index in [1.165, 1.54) is 29.2 Å². The highest BCUT2D eigenvalue weighted by Crippen LogP contribution is 2.40. The number of fused-ring (bicyclic) bond motifs is 1. The molecule has 2 nitrogen and oxygen atoms in total. The summed E-state index contributed by atoms with van der Waals surface area (Å²) in [5, 5.41) is 2.44. The second kappa shape index (κ2) is 4.04. The Morgan fingerprint density at radius 2 is 1.82 bits per heavy atom. The summed E-state index contributed by atoms with van der Waals surface area (Å²) in [6.07, 6.45) is 2.56. The van der Waals surface area contributed by atoms with Gasteiger partial charge in [-0.2, -0.15) is 0 Å². The zero-order valence-electron chi connectivity index (χ0n) is 10.0. The molecule has 88 valence electrons. The molecule has 1 aliphatic carbocycles. The van der Waals surface area contributed by atoms with Crippen LogP contribution in [0.4, 0.5) is 0 Å². The van der Waals surface area contributed by atoms with Crippen LogP contribution in [0.3, 0.4) is 0 Å². The topological polar surface area (TPSA) is 35.2 Å². The van der Waals surface area contributed by atoms with Gasteiger partial charge in [-0.1, -0.05) is 18.2 Å². The van der Waals surface area contributed by atoms with E-state index in [1.807, 2.05) is 6.07 Å². The van der Waals surface area contributed by atoms with Crippen LogP contribution in [0.15, 0.2) is 36.4 Å². The Balaban J connectivity index is 2.00. The molecule has 17 heavy (non-hydrogen) atoms. The second-order valence-corrected chi connectivity index (χ2v) is 4.84. The Bertz CT molecular complexity index is 546. The van der Waals surface area contributed by atoms with E-state index in [9.17, 15) is 0 Å². The van der Waals surface area contributed by atoms with E-state index in [4.69, 9.17) is 10.5 Å². The fourth-order valence-corrected chi connectivity index (χ4v) is 2.30. The van der Waals surface area contributed by atoms with Crippen LogP contribution < -0.4 is 10.5 Å². The van der Waals surface area contributed by atoms with E-state index >= 15 is 0 Å². The predicted octanol–water partition coefficient (Wildman–Crippen LogP) is 3.26. The van der Waals surface area contributed by atoms with Crippen molar-refractivity contribution in [2.75, 3.05) is 7.11 Å².